The highest BCUT2D eigenvalue weighted by Gasteiger charge is 2.28. The van der Waals surface area contributed by atoms with Crippen LogP contribution in [0.15, 0.2) is 36.7 Å². The van der Waals surface area contributed by atoms with Gasteiger partial charge in [-0.15, -0.1) is 0 Å². The fourth-order valence-corrected chi connectivity index (χ4v) is 2.97. The Kier molecular flexibility index (Phi) is 5.28. The van der Waals surface area contributed by atoms with Gasteiger partial charge in [-0.2, -0.15) is 0 Å². The highest BCUT2D eigenvalue weighted by molar-refractivity contribution is 6.29. The van der Waals surface area contributed by atoms with Crippen LogP contribution in [-0.2, 0) is 4.79 Å². The van der Waals surface area contributed by atoms with Crippen LogP contribution in [0.3, 0.4) is 0 Å². The molecule has 0 saturated carbocycles. The zero-order chi connectivity index (χ0) is 17.8. The van der Waals surface area contributed by atoms with Crippen LogP contribution in [0.2, 0.25) is 5.15 Å². The van der Waals surface area contributed by atoms with Crippen molar-refractivity contribution in [3.05, 3.63) is 52.9 Å². The number of amides is 2. The SMILES string of the molecule is Cc1ccnc(NC(=O)C2CCN(C(=O)c3ccc(Cl)nc3)CC2)c1. The van der Waals surface area contributed by atoms with Crippen LogP contribution in [0.5, 0.6) is 0 Å². The number of piperidine rings is 1. The Hall–Kier alpha value is -2.47. The Bertz CT molecular complexity index is 771. The average Bonchev–Trinajstić information content (AvgIpc) is 2.62. The number of likely N-dealkylation sites (tertiary alicyclic amines) is 1. The molecule has 3 heterocycles. The van der Waals surface area contributed by atoms with Gasteiger partial charge >= 0.3 is 0 Å². The molecule has 0 radical (unpaired) electrons. The van der Waals surface area contributed by atoms with E-state index >= 15 is 0 Å². The summed E-state index contributed by atoms with van der Waals surface area (Å²) in [5.74, 6) is 0.326. The van der Waals surface area contributed by atoms with Gasteiger partial charge < -0.3 is 10.2 Å². The van der Waals surface area contributed by atoms with E-state index in [4.69, 9.17) is 11.6 Å². The molecule has 0 unspecified atom stereocenters. The van der Waals surface area contributed by atoms with E-state index in [-0.39, 0.29) is 17.7 Å². The lowest BCUT2D eigenvalue weighted by Crippen LogP contribution is -2.41. The van der Waals surface area contributed by atoms with Crippen LogP contribution in [0.4, 0.5) is 5.82 Å². The summed E-state index contributed by atoms with van der Waals surface area (Å²) in [6.07, 6.45) is 4.41. The molecule has 0 bridgehead atoms. The standard InChI is InChI=1S/C18H19ClN4O2/c1-12-4-7-20-16(10-12)22-17(24)13-5-8-23(9-6-13)18(25)14-2-3-15(19)21-11-14/h2-4,7,10-11,13H,5-6,8-9H2,1H3,(H,20,22,24). The minimum Gasteiger partial charge on any atom is -0.339 e. The number of nitrogens with zero attached hydrogens (tertiary/aromatic N) is 3. The van der Waals surface area contributed by atoms with Crippen LogP contribution in [0.1, 0.15) is 28.8 Å². The predicted octanol–water partition coefficient (Wildman–Crippen LogP) is 2.93. The molecule has 3 rings (SSSR count). The molecule has 7 heteroatoms. The van der Waals surface area contributed by atoms with E-state index in [0.717, 1.165) is 5.56 Å². The number of carbonyl (C=O) groups excluding carboxylic acids is 2. The molecule has 1 aliphatic rings. The van der Waals surface area contributed by atoms with Crippen LogP contribution in [-0.4, -0.2) is 39.8 Å². The number of aryl methyl sites for hydroxylation is 1. The van der Waals surface area contributed by atoms with E-state index in [2.05, 4.69) is 15.3 Å². The van der Waals surface area contributed by atoms with Gasteiger partial charge in [0.25, 0.3) is 5.91 Å². The predicted molar refractivity (Wildman–Crippen MR) is 95.5 cm³/mol. The molecule has 1 saturated heterocycles. The molecule has 0 spiro atoms. The molecule has 2 aromatic rings. The van der Waals surface area contributed by atoms with Crippen LogP contribution in [0.25, 0.3) is 0 Å². The van der Waals surface area contributed by atoms with Crippen LogP contribution < -0.4 is 5.32 Å². The molecule has 2 aromatic heterocycles. The summed E-state index contributed by atoms with van der Waals surface area (Å²) < 4.78 is 0. The van der Waals surface area contributed by atoms with Gasteiger partial charge in [-0.25, -0.2) is 9.97 Å². The van der Waals surface area contributed by atoms with Gasteiger partial charge in [0, 0.05) is 31.4 Å². The second-order valence-corrected chi connectivity index (χ2v) is 6.53. The molecule has 2 amide bonds. The van der Waals surface area contributed by atoms with Crippen molar-refractivity contribution in [1.29, 1.82) is 0 Å². The summed E-state index contributed by atoms with van der Waals surface area (Å²) in [5.41, 5.74) is 1.55. The number of rotatable bonds is 3. The summed E-state index contributed by atoms with van der Waals surface area (Å²) in [7, 11) is 0. The summed E-state index contributed by atoms with van der Waals surface area (Å²) in [6, 6.07) is 6.99. The number of aromatic nitrogens is 2. The maximum absolute atomic E-state index is 12.4. The van der Waals surface area contributed by atoms with Crippen molar-refractivity contribution in [1.82, 2.24) is 14.9 Å². The Morgan fingerprint density at radius 2 is 1.96 bits per heavy atom. The van der Waals surface area contributed by atoms with Gasteiger partial charge in [-0.05, 0) is 49.6 Å². The molecule has 6 nitrogen and oxygen atoms in total. The van der Waals surface area contributed by atoms with Crippen molar-refractivity contribution in [2.45, 2.75) is 19.8 Å². The monoisotopic (exact) mass is 358 g/mol. The zero-order valence-electron chi connectivity index (χ0n) is 13.9. The summed E-state index contributed by atoms with van der Waals surface area (Å²) in [6.45, 7) is 3.04. The van der Waals surface area contributed by atoms with Gasteiger partial charge in [0.15, 0.2) is 0 Å². The number of pyridine rings is 2. The molecule has 25 heavy (non-hydrogen) atoms. The molecule has 130 valence electrons. The van der Waals surface area contributed by atoms with Gasteiger partial charge in [0.05, 0.1) is 5.56 Å². The lowest BCUT2D eigenvalue weighted by atomic mass is 9.95. The first-order valence-electron chi connectivity index (χ1n) is 8.17. The van der Waals surface area contributed by atoms with E-state index in [1.54, 1.807) is 23.2 Å². The van der Waals surface area contributed by atoms with Gasteiger partial charge in [-0.1, -0.05) is 11.6 Å². The minimum absolute atomic E-state index is 0.0432. The molecule has 1 N–H and O–H groups in total. The minimum atomic E-state index is -0.116. The quantitative estimate of drug-likeness (QED) is 0.856. The molecule has 0 aromatic carbocycles. The Morgan fingerprint density at radius 1 is 1.20 bits per heavy atom. The van der Waals surface area contributed by atoms with E-state index in [1.807, 2.05) is 19.1 Å². The van der Waals surface area contributed by atoms with Crippen LogP contribution in [0, 0.1) is 12.8 Å². The van der Waals surface area contributed by atoms with E-state index < -0.39 is 0 Å². The molecular weight excluding hydrogens is 340 g/mol. The number of hydrogen-bond donors (Lipinski definition) is 1. The third-order valence-corrected chi connectivity index (χ3v) is 4.52. The van der Waals surface area contributed by atoms with Gasteiger partial charge in [0.1, 0.15) is 11.0 Å². The first-order chi connectivity index (χ1) is 12.0. The highest BCUT2D eigenvalue weighted by atomic mass is 35.5. The fourth-order valence-electron chi connectivity index (χ4n) is 2.86. The highest BCUT2D eigenvalue weighted by Crippen LogP contribution is 2.21. The van der Waals surface area contributed by atoms with Crippen molar-refractivity contribution in [3.8, 4) is 0 Å². The second kappa shape index (κ2) is 7.61. The van der Waals surface area contributed by atoms with Crippen molar-refractivity contribution in [2.75, 3.05) is 18.4 Å². The maximum Gasteiger partial charge on any atom is 0.255 e. The summed E-state index contributed by atoms with van der Waals surface area (Å²) in [4.78, 5) is 34.7. The van der Waals surface area contributed by atoms with E-state index in [0.29, 0.717) is 42.5 Å². The van der Waals surface area contributed by atoms with Gasteiger partial charge in [-0.3, -0.25) is 9.59 Å². The number of halogens is 1. The fraction of sp³-hybridized carbons (Fsp3) is 0.333. The first kappa shape index (κ1) is 17.4. The molecule has 0 aliphatic carbocycles. The number of hydrogen-bond acceptors (Lipinski definition) is 4. The van der Waals surface area contributed by atoms with Crippen molar-refractivity contribution >= 4 is 29.2 Å². The lowest BCUT2D eigenvalue weighted by molar-refractivity contribution is -0.121. The van der Waals surface area contributed by atoms with Crippen LogP contribution >= 0.6 is 11.6 Å². The molecular formula is C18H19ClN4O2. The number of nitrogens with one attached hydrogen (secondary N) is 1. The Morgan fingerprint density at radius 3 is 2.60 bits per heavy atom. The van der Waals surface area contributed by atoms with E-state index in [9.17, 15) is 9.59 Å². The third-order valence-electron chi connectivity index (χ3n) is 4.29. The average molecular weight is 359 g/mol. The molecule has 1 aliphatic heterocycles. The second-order valence-electron chi connectivity index (χ2n) is 6.14. The Labute approximate surface area is 151 Å². The maximum atomic E-state index is 12.4. The molecule has 1 fully saturated rings. The summed E-state index contributed by atoms with van der Waals surface area (Å²) in [5, 5.41) is 3.21. The smallest absolute Gasteiger partial charge is 0.255 e. The number of carbonyl (C=O) groups is 2. The summed E-state index contributed by atoms with van der Waals surface area (Å²) >= 11 is 5.75. The first-order valence-corrected chi connectivity index (χ1v) is 8.55. The normalized spacial score (nSPS) is 15.0. The largest absolute Gasteiger partial charge is 0.339 e. The van der Waals surface area contributed by atoms with E-state index in [1.165, 1.54) is 6.20 Å². The van der Waals surface area contributed by atoms with Gasteiger partial charge in [0.2, 0.25) is 5.91 Å². The third kappa shape index (κ3) is 4.33. The Balaban J connectivity index is 1.55. The number of anilines is 1. The molecule has 0 atom stereocenters. The zero-order valence-corrected chi connectivity index (χ0v) is 14.7. The lowest BCUT2D eigenvalue weighted by Gasteiger charge is -2.31. The van der Waals surface area contributed by atoms with Crippen molar-refractivity contribution in [3.63, 3.8) is 0 Å². The topological polar surface area (TPSA) is 75.2 Å². The van der Waals surface area contributed by atoms with Crippen molar-refractivity contribution < 1.29 is 9.59 Å². The van der Waals surface area contributed by atoms with Crippen molar-refractivity contribution in [2.24, 2.45) is 5.92 Å².